The summed E-state index contributed by atoms with van der Waals surface area (Å²) in [4.78, 5) is 4.23. The van der Waals surface area contributed by atoms with E-state index < -0.39 is 12.6 Å². The summed E-state index contributed by atoms with van der Waals surface area (Å²) >= 11 is 5.81. The Labute approximate surface area is 124 Å². The number of hydrogen-bond acceptors (Lipinski definition) is 1. The molecule has 21 heavy (non-hydrogen) atoms. The van der Waals surface area contributed by atoms with E-state index in [2.05, 4.69) is 4.98 Å². The number of aryl methyl sites for hydroxylation is 2. The van der Waals surface area contributed by atoms with Gasteiger partial charge in [-0.15, -0.1) is 11.6 Å². The molecule has 0 radical (unpaired) electrons. The standard InChI is InChI=1S/C14H15ClF4N2/c1-9-6-12-11(7-10(9)16)20-13(8-15)21(12)5-3-2-4-14(17,18)19/h6-7H,2-5,8H2,1H3. The third-order valence-electron chi connectivity index (χ3n) is 3.32. The van der Waals surface area contributed by atoms with E-state index in [0.717, 1.165) is 0 Å². The highest BCUT2D eigenvalue weighted by molar-refractivity contribution is 6.16. The van der Waals surface area contributed by atoms with E-state index in [9.17, 15) is 17.6 Å². The highest BCUT2D eigenvalue weighted by Crippen LogP contribution is 2.25. The monoisotopic (exact) mass is 322 g/mol. The Hall–Kier alpha value is -1.30. The number of benzene rings is 1. The Morgan fingerprint density at radius 1 is 1.24 bits per heavy atom. The first-order chi connectivity index (χ1) is 9.81. The summed E-state index contributed by atoms with van der Waals surface area (Å²) in [6.45, 7) is 2.02. The van der Waals surface area contributed by atoms with Crippen molar-refractivity contribution in [1.82, 2.24) is 9.55 Å². The summed E-state index contributed by atoms with van der Waals surface area (Å²) in [7, 11) is 0. The third kappa shape index (κ3) is 3.87. The molecule has 0 N–H and O–H groups in total. The zero-order chi connectivity index (χ0) is 15.6. The average Bonchev–Trinajstić information content (AvgIpc) is 2.71. The van der Waals surface area contributed by atoms with Crippen molar-refractivity contribution in [3.8, 4) is 0 Å². The molecule has 0 saturated carbocycles. The summed E-state index contributed by atoms with van der Waals surface area (Å²) in [5.41, 5.74) is 1.65. The molecular weight excluding hydrogens is 308 g/mol. The van der Waals surface area contributed by atoms with Crippen molar-refractivity contribution in [1.29, 1.82) is 0 Å². The zero-order valence-electron chi connectivity index (χ0n) is 11.5. The Bertz CT molecular complexity index is 634. The first-order valence-electron chi connectivity index (χ1n) is 6.60. The minimum absolute atomic E-state index is 0.0467. The van der Waals surface area contributed by atoms with Crippen LogP contribution in [-0.2, 0) is 12.4 Å². The van der Waals surface area contributed by atoms with Gasteiger partial charge in [0.05, 0.1) is 16.9 Å². The quantitative estimate of drug-likeness (QED) is 0.432. The number of imidazole rings is 1. The molecule has 0 bridgehead atoms. The molecule has 0 aliphatic carbocycles. The van der Waals surface area contributed by atoms with Gasteiger partial charge in [0, 0.05) is 19.0 Å². The SMILES string of the molecule is Cc1cc2c(cc1F)nc(CCl)n2CCCCC(F)(F)F. The molecule has 0 fully saturated rings. The number of unbranched alkanes of at least 4 members (excludes halogenated alkanes) is 1. The van der Waals surface area contributed by atoms with E-state index >= 15 is 0 Å². The van der Waals surface area contributed by atoms with Gasteiger partial charge in [0.15, 0.2) is 0 Å². The Morgan fingerprint density at radius 3 is 2.57 bits per heavy atom. The molecule has 1 aromatic heterocycles. The van der Waals surface area contributed by atoms with Crippen molar-refractivity contribution in [3.63, 3.8) is 0 Å². The molecule has 1 aromatic carbocycles. The molecule has 0 aliphatic heterocycles. The predicted molar refractivity (Wildman–Crippen MR) is 73.9 cm³/mol. The van der Waals surface area contributed by atoms with Crippen LogP contribution < -0.4 is 0 Å². The number of rotatable bonds is 5. The maximum atomic E-state index is 13.5. The van der Waals surface area contributed by atoms with Crippen LogP contribution >= 0.6 is 11.6 Å². The Balaban J connectivity index is 2.19. The fraction of sp³-hybridized carbons (Fsp3) is 0.500. The predicted octanol–water partition coefficient (Wildman–Crippen LogP) is 4.96. The molecule has 0 aliphatic rings. The molecule has 0 saturated heterocycles. The smallest absolute Gasteiger partial charge is 0.327 e. The van der Waals surface area contributed by atoms with Crippen LogP contribution in [0.5, 0.6) is 0 Å². The first-order valence-corrected chi connectivity index (χ1v) is 7.13. The van der Waals surface area contributed by atoms with Crippen LogP contribution in [0.15, 0.2) is 12.1 Å². The number of aromatic nitrogens is 2. The van der Waals surface area contributed by atoms with Crippen molar-refractivity contribution in [3.05, 3.63) is 29.3 Å². The largest absolute Gasteiger partial charge is 0.389 e. The number of nitrogens with zero attached hydrogens (tertiary/aromatic N) is 2. The van der Waals surface area contributed by atoms with Crippen LogP contribution in [-0.4, -0.2) is 15.7 Å². The van der Waals surface area contributed by atoms with Crippen LogP contribution in [0.3, 0.4) is 0 Å². The molecule has 2 aromatic rings. The number of halogens is 5. The van der Waals surface area contributed by atoms with Crippen molar-refractivity contribution < 1.29 is 17.6 Å². The van der Waals surface area contributed by atoms with Crippen molar-refractivity contribution >= 4 is 22.6 Å². The molecule has 7 heteroatoms. The highest BCUT2D eigenvalue weighted by atomic mass is 35.5. The second kappa shape index (κ2) is 6.22. The summed E-state index contributed by atoms with van der Waals surface area (Å²) in [6.07, 6.45) is -4.52. The van der Waals surface area contributed by atoms with Gasteiger partial charge in [-0.1, -0.05) is 0 Å². The van der Waals surface area contributed by atoms with Gasteiger partial charge in [-0.05, 0) is 31.4 Å². The zero-order valence-corrected chi connectivity index (χ0v) is 12.2. The number of alkyl halides is 4. The summed E-state index contributed by atoms with van der Waals surface area (Å²) < 4.78 is 51.7. The molecule has 2 nitrogen and oxygen atoms in total. The third-order valence-corrected chi connectivity index (χ3v) is 3.56. The van der Waals surface area contributed by atoms with Gasteiger partial charge < -0.3 is 4.57 Å². The number of hydrogen-bond donors (Lipinski definition) is 0. The Kier molecular flexibility index (Phi) is 4.76. The van der Waals surface area contributed by atoms with Crippen LogP contribution in [0.1, 0.15) is 30.7 Å². The van der Waals surface area contributed by atoms with Crippen molar-refractivity contribution in [2.24, 2.45) is 0 Å². The van der Waals surface area contributed by atoms with E-state index in [1.165, 1.54) is 6.07 Å². The van der Waals surface area contributed by atoms with Gasteiger partial charge in [-0.25, -0.2) is 9.37 Å². The normalized spacial score (nSPS) is 12.3. The fourth-order valence-electron chi connectivity index (χ4n) is 2.25. The molecule has 0 amide bonds. The van der Waals surface area contributed by atoms with Crippen LogP contribution in [0, 0.1) is 12.7 Å². The van der Waals surface area contributed by atoms with Gasteiger partial charge in [-0.3, -0.25) is 0 Å². The lowest BCUT2D eigenvalue weighted by molar-refractivity contribution is -0.135. The second-order valence-corrected chi connectivity index (χ2v) is 5.24. The van der Waals surface area contributed by atoms with E-state index in [0.29, 0.717) is 35.4 Å². The molecule has 0 spiro atoms. The molecule has 1 heterocycles. The van der Waals surface area contributed by atoms with E-state index in [1.54, 1.807) is 17.6 Å². The maximum Gasteiger partial charge on any atom is 0.389 e. The lowest BCUT2D eigenvalue weighted by Gasteiger charge is -2.09. The molecule has 2 rings (SSSR count). The molecule has 0 atom stereocenters. The van der Waals surface area contributed by atoms with Gasteiger partial charge in [0.25, 0.3) is 0 Å². The van der Waals surface area contributed by atoms with Gasteiger partial charge in [0.2, 0.25) is 0 Å². The topological polar surface area (TPSA) is 17.8 Å². The highest BCUT2D eigenvalue weighted by Gasteiger charge is 2.26. The second-order valence-electron chi connectivity index (χ2n) is 4.98. The van der Waals surface area contributed by atoms with Gasteiger partial charge in [0.1, 0.15) is 11.6 Å². The van der Waals surface area contributed by atoms with Crippen molar-refractivity contribution in [2.45, 2.75) is 44.8 Å². The maximum absolute atomic E-state index is 13.5. The minimum atomic E-state index is -4.13. The Morgan fingerprint density at radius 2 is 1.95 bits per heavy atom. The fourth-order valence-corrected chi connectivity index (χ4v) is 2.45. The lowest BCUT2D eigenvalue weighted by Crippen LogP contribution is -2.08. The molecular formula is C14H15ClF4N2. The lowest BCUT2D eigenvalue weighted by atomic mass is 10.2. The summed E-state index contributed by atoms with van der Waals surface area (Å²) in [5, 5.41) is 0. The van der Waals surface area contributed by atoms with Crippen LogP contribution in [0.2, 0.25) is 0 Å². The van der Waals surface area contributed by atoms with E-state index in [4.69, 9.17) is 11.6 Å². The molecule has 116 valence electrons. The molecule has 0 unspecified atom stereocenters. The summed E-state index contributed by atoms with van der Waals surface area (Å²) in [6, 6.07) is 2.98. The summed E-state index contributed by atoms with van der Waals surface area (Å²) in [5.74, 6) is 0.322. The minimum Gasteiger partial charge on any atom is -0.327 e. The number of fused-ring (bicyclic) bond motifs is 1. The van der Waals surface area contributed by atoms with Crippen LogP contribution in [0.25, 0.3) is 11.0 Å². The average molecular weight is 323 g/mol. The van der Waals surface area contributed by atoms with E-state index in [-0.39, 0.29) is 18.1 Å². The van der Waals surface area contributed by atoms with E-state index in [1.807, 2.05) is 0 Å². The van der Waals surface area contributed by atoms with Gasteiger partial charge >= 0.3 is 6.18 Å². The van der Waals surface area contributed by atoms with Crippen LogP contribution in [0.4, 0.5) is 17.6 Å². The first kappa shape index (κ1) is 16.1. The van der Waals surface area contributed by atoms with Crippen molar-refractivity contribution in [2.75, 3.05) is 0 Å². The van der Waals surface area contributed by atoms with Gasteiger partial charge in [-0.2, -0.15) is 13.2 Å².